The first kappa shape index (κ1) is 16.4. The van der Waals surface area contributed by atoms with Gasteiger partial charge in [0.1, 0.15) is 5.82 Å². The Hall–Kier alpha value is -1.95. The van der Waals surface area contributed by atoms with Crippen LogP contribution in [0.25, 0.3) is 0 Å². The predicted octanol–water partition coefficient (Wildman–Crippen LogP) is 1.71. The van der Waals surface area contributed by atoms with Gasteiger partial charge in [-0.15, -0.1) is 0 Å². The average molecular weight is 309 g/mol. The lowest BCUT2D eigenvalue weighted by Gasteiger charge is -2.34. The highest BCUT2D eigenvalue weighted by molar-refractivity contribution is 5.79. The quantitative estimate of drug-likeness (QED) is 0.899. The van der Waals surface area contributed by atoms with E-state index in [0.29, 0.717) is 26.1 Å². The number of morpholine rings is 1. The Morgan fingerprint density at radius 2 is 2.27 bits per heavy atom. The van der Waals surface area contributed by atoms with Gasteiger partial charge in [0.2, 0.25) is 5.91 Å². The van der Waals surface area contributed by atoms with Gasteiger partial charge in [-0.1, -0.05) is 19.1 Å². The first-order valence-corrected chi connectivity index (χ1v) is 7.32. The number of amides is 1. The van der Waals surface area contributed by atoms with Crippen LogP contribution in [0.5, 0.6) is 0 Å². The summed E-state index contributed by atoms with van der Waals surface area (Å²) in [7, 11) is 0. The fourth-order valence-corrected chi connectivity index (χ4v) is 2.65. The Morgan fingerprint density at radius 1 is 1.50 bits per heavy atom. The molecule has 1 aliphatic heterocycles. The zero-order valence-corrected chi connectivity index (χ0v) is 12.5. The third-order valence-corrected chi connectivity index (χ3v) is 3.71. The van der Waals surface area contributed by atoms with Gasteiger partial charge in [-0.2, -0.15) is 0 Å². The lowest BCUT2D eigenvalue weighted by atomic mass is 9.99. The van der Waals surface area contributed by atoms with Crippen LogP contribution in [-0.4, -0.2) is 47.7 Å². The zero-order chi connectivity index (χ0) is 16.1. The minimum absolute atomic E-state index is 0.0528. The van der Waals surface area contributed by atoms with Gasteiger partial charge in [0.15, 0.2) is 0 Å². The molecule has 0 bridgehead atoms. The number of hydrogen-bond donors (Lipinski definition) is 1. The minimum Gasteiger partial charge on any atom is -0.481 e. The van der Waals surface area contributed by atoms with Crippen LogP contribution >= 0.6 is 0 Å². The second-order valence-corrected chi connectivity index (χ2v) is 5.61. The molecule has 2 atom stereocenters. The standard InChI is InChI=1S/C16H20FNO4/c1-11(7-12-3-2-4-13(17)8-12)16(21)18-5-6-22-14(10-18)9-15(19)20/h2-4,8,11,14H,5-7,9-10H2,1H3,(H,19,20). The zero-order valence-electron chi connectivity index (χ0n) is 12.5. The fourth-order valence-electron chi connectivity index (χ4n) is 2.65. The lowest BCUT2D eigenvalue weighted by Crippen LogP contribution is -2.48. The topological polar surface area (TPSA) is 66.8 Å². The highest BCUT2D eigenvalue weighted by Gasteiger charge is 2.28. The summed E-state index contributed by atoms with van der Waals surface area (Å²) in [5, 5.41) is 8.80. The van der Waals surface area contributed by atoms with E-state index in [4.69, 9.17) is 9.84 Å². The molecule has 2 rings (SSSR count). The molecule has 0 aromatic heterocycles. The summed E-state index contributed by atoms with van der Waals surface area (Å²) in [4.78, 5) is 24.8. The molecule has 1 aromatic carbocycles. The Kier molecular flexibility index (Phi) is 5.49. The van der Waals surface area contributed by atoms with Gasteiger partial charge in [-0.3, -0.25) is 9.59 Å². The number of carboxylic acid groups (broad SMARTS) is 1. The Morgan fingerprint density at radius 3 is 2.95 bits per heavy atom. The molecule has 6 heteroatoms. The van der Waals surface area contributed by atoms with Crippen LogP contribution in [0.1, 0.15) is 18.9 Å². The molecule has 1 aliphatic rings. The number of benzene rings is 1. The van der Waals surface area contributed by atoms with Crippen molar-refractivity contribution in [3.63, 3.8) is 0 Å². The second-order valence-electron chi connectivity index (χ2n) is 5.61. The number of hydrogen-bond acceptors (Lipinski definition) is 3. The predicted molar refractivity (Wildman–Crippen MR) is 77.8 cm³/mol. The van der Waals surface area contributed by atoms with Gasteiger partial charge in [0, 0.05) is 19.0 Å². The molecule has 0 spiro atoms. The number of carbonyl (C=O) groups is 2. The number of ether oxygens (including phenoxy) is 1. The van der Waals surface area contributed by atoms with Crippen molar-refractivity contribution in [3.05, 3.63) is 35.6 Å². The summed E-state index contributed by atoms with van der Waals surface area (Å²) in [6.07, 6.45) is -0.115. The number of nitrogens with zero attached hydrogens (tertiary/aromatic N) is 1. The molecule has 1 amide bonds. The molecule has 1 aromatic rings. The van der Waals surface area contributed by atoms with E-state index in [1.165, 1.54) is 12.1 Å². The molecule has 22 heavy (non-hydrogen) atoms. The third kappa shape index (κ3) is 4.53. The van der Waals surface area contributed by atoms with Crippen LogP contribution in [-0.2, 0) is 20.7 Å². The number of halogens is 1. The van der Waals surface area contributed by atoms with Crippen molar-refractivity contribution in [3.8, 4) is 0 Å². The van der Waals surface area contributed by atoms with Crippen LogP contribution in [0.4, 0.5) is 4.39 Å². The van der Waals surface area contributed by atoms with Crippen molar-refractivity contribution in [1.82, 2.24) is 4.90 Å². The van der Waals surface area contributed by atoms with E-state index in [1.807, 2.05) is 0 Å². The van der Waals surface area contributed by atoms with Crippen molar-refractivity contribution in [1.29, 1.82) is 0 Å². The van der Waals surface area contributed by atoms with E-state index >= 15 is 0 Å². The van der Waals surface area contributed by atoms with Crippen molar-refractivity contribution in [2.75, 3.05) is 19.7 Å². The normalized spacial score (nSPS) is 19.7. The van der Waals surface area contributed by atoms with E-state index in [9.17, 15) is 14.0 Å². The van der Waals surface area contributed by atoms with Crippen LogP contribution in [0.2, 0.25) is 0 Å². The van der Waals surface area contributed by atoms with Gasteiger partial charge >= 0.3 is 5.97 Å². The molecule has 0 saturated carbocycles. The molecule has 2 unspecified atom stereocenters. The van der Waals surface area contributed by atoms with Crippen LogP contribution in [0.3, 0.4) is 0 Å². The monoisotopic (exact) mass is 309 g/mol. The molecule has 0 aliphatic carbocycles. The molecule has 1 N–H and O–H groups in total. The van der Waals surface area contributed by atoms with E-state index < -0.39 is 12.1 Å². The van der Waals surface area contributed by atoms with Gasteiger partial charge in [0.05, 0.1) is 19.1 Å². The van der Waals surface area contributed by atoms with Gasteiger partial charge < -0.3 is 14.7 Å². The molecule has 5 nitrogen and oxygen atoms in total. The highest BCUT2D eigenvalue weighted by atomic mass is 19.1. The fraction of sp³-hybridized carbons (Fsp3) is 0.500. The SMILES string of the molecule is CC(Cc1cccc(F)c1)C(=O)N1CCOC(CC(=O)O)C1. The van der Waals surface area contributed by atoms with Crippen molar-refractivity contribution in [2.24, 2.45) is 5.92 Å². The number of carboxylic acids is 1. The lowest BCUT2D eigenvalue weighted by molar-refractivity contribution is -0.149. The molecule has 0 radical (unpaired) electrons. The number of rotatable bonds is 5. The maximum atomic E-state index is 13.2. The first-order valence-electron chi connectivity index (χ1n) is 7.32. The highest BCUT2D eigenvalue weighted by Crippen LogP contribution is 2.16. The smallest absolute Gasteiger partial charge is 0.306 e. The van der Waals surface area contributed by atoms with E-state index in [2.05, 4.69) is 0 Å². The van der Waals surface area contributed by atoms with Gasteiger partial charge in [0.25, 0.3) is 0 Å². The summed E-state index contributed by atoms with van der Waals surface area (Å²) < 4.78 is 18.5. The van der Waals surface area contributed by atoms with Crippen molar-refractivity contribution in [2.45, 2.75) is 25.9 Å². The molecule has 120 valence electrons. The summed E-state index contributed by atoms with van der Waals surface area (Å²) in [6, 6.07) is 6.21. The maximum Gasteiger partial charge on any atom is 0.306 e. The van der Waals surface area contributed by atoms with Crippen LogP contribution in [0, 0.1) is 11.7 Å². The summed E-state index contributed by atoms with van der Waals surface area (Å²) >= 11 is 0. The molecular formula is C16H20FNO4. The van der Waals surface area contributed by atoms with Crippen molar-refractivity contribution >= 4 is 11.9 Å². The first-order chi connectivity index (χ1) is 10.5. The van der Waals surface area contributed by atoms with E-state index in [0.717, 1.165) is 5.56 Å². The van der Waals surface area contributed by atoms with E-state index in [-0.39, 0.29) is 24.1 Å². The third-order valence-electron chi connectivity index (χ3n) is 3.71. The summed E-state index contributed by atoms with van der Waals surface area (Å²) in [5.41, 5.74) is 0.774. The molecule has 1 heterocycles. The minimum atomic E-state index is -0.938. The molecule has 1 fully saturated rings. The van der Waals surface area contributed by atoms with Crippen molar-refractivity contribution < 1.29 is 23.8 Å². The maximum absolute atomic E-state index is 13.2. The summed E-state index contributed by atoms with van der Waals surface area (Å²) in [5.74, 6) is -1.59. The Bertz CT molecular complexity index is 549. The Balaban J connectivity index is 1.93. The number of carbonyl (C=O) groups excluding carboxylic acids is 1. The Labute approximate surface area is 128 Å². The van der Waals surface area contributed by atoms with Crippen LogP contribution in [0.15, 0.2) is 24.3 Å². The average Bonchev–Trinajstić information content (AvgIpc) is 2.46. The number of aliphatic carboxylic acids is 1. The van der Waals surface area contributed by atoms with E-state index in [1.54, 1.807) is 24.0 Å². The van der Waals surface area contributed by atoms with Gasteiger partial charge in [-0.25, -0.2) is 4.39 Å². The van der Waals surface area contributed by atoms with Gasteiger partial charge in [-0.05, 0) is 24.1 Å². The molecular weight excluding hydrogens is 289 g/mol. The largest absolute Gasteiger partial charge is 0.481 e. The van der Waals surface area contributed by atoms with Crippen LogP contribution < -0.4 is 0 Å². The molecule has 1 saturated heterocycles. The summed E-state index contributed by atoms with van der Waals surface area (Å²) in [6.45, 7) is 2.90. The second kappa shape index (κ2) is 7.35.